The number of nitrogens with one attached hydrogen (secondary N) is 1. The summed E-state index contributed by atoms with van der Waals surface area (Å²) in [6.45, 7) is 3.44. The standard InChI is InChI=1S/C29H36N2O8/c1-3-4-5-6-7-24(34)31(15-18-8-11-38-17-18)22-14-21(29(36)30-9-10-32)25-20-12-19(16-33)13-23(37-2)27(20)39-28(25)26(22)35/h3,8,11-14,17,22,25-26,28,32-33,35H,1,4-7,9-10,15-16H2,2H3,(H,30,36)/t22-,25+,26+,28+/m1/s1. The minimum Gasteiger partial charge on any atom is -0.493 e. The van der Waals surface area contributed by atoms with Crippen LogP contribution in [0, 0.1) is 0 Å². The Kier molecular flexibility index (Phi) is 9.45. The number of allylic oxidation sites excluding steroid dienone is 1. The van der Waals surface area contributed by atoms with Gasteiger partial charge >= 0.3 is 0 Å². The van der Waals surface area contributed by atoms with Gasteiger partial charge in [-0.1, -0.05) is 6.08 Å². The van der Waals surface area contributed by atoms with Crippen molar-refractivity contribution in [2.45, 2.75) is 63.0 Å². The van der Waals surface area contributed by atoms with Gasteiger partial charge in [0.25, 0.3) is 0 Å². The number of hydrogen-bond acceptors (Lipinski definition) is 8. The van der Waals surface area contributed by atoms with Gasteiger partial charge in [0, 0.05) is 36.2 Å². The highest BCUT2D eigenvalue weighted by atomic mass is 16.5. The van der Waals surface area contributed by atoms with Crippen LogP contribution in [0.4, 0.5) is 0 Å². The molecule has 1 aromatic carbocycles. The first-order chi connectivity index (χ1) is 18.9. The van der Waals surface area contributed by atoms with Crippen molar-refractivity contribution in [3.63, 3.8) is 0 Å². The number of carbonyl (C=O) groups is 2. The van der Waals surface area contributed by atoms with Gasteiger partial charge in [-0.05, 0) is 49.1 Å². The van der Waals surface area contributed by atoms with Crippen molar-refractivity contribution < 1.29 is 38.8 Å². The van der Waals surface area contributed by atoms with E-state index in [1.54, 1.807) is 29.2 Å². The lowest BCUT2D eigenvalue weighted by atomic mass is 9.77. The number of ether oxygens (including phenoxy) is 2. The number of nitrogens with zero attached hydrogens (tertiary/aromatic N) is 1. The first-order valence-corrected chi connectivity index (χ1v) is 13.1. The summed E-state index contributed by atoms with van der Waals surface area (Å²) in [6.07, 6.45) is 6.93. The highest BCUT2D eigenvalue weighted by molar-refractivity contribution is 5.96. The van der Waals surface area contributed by atoms with Crippen LogP contribution in [0.3, 0.4) is 0 Å². The lowest BCUT2D eigenvalue weighted by Gasteiger charge is -2.40. The summed E-state index contributed by atoms with van der Waals surface area (Å²) in [5.41, 5.74) is 2.21. The van der Waals surface area contributed by atoms with Crippen molar-refractivity contribution in [2.75, 3.05) is 20.3 Å². The molecule has 0 saturated carbocycles. The zero-order valence-corrected chi connectivity index (χ0v) is 22.0. The fraction of sp³-hybridized carbons (Fsp3) is 0.448. The zero-order valence-electron chi connectivity index (χ0n) is 22.0. The number of aliphatic hydroxyl groups excluding tert-OH is 3. The van der Waals surface area contributed by atoms with E-state index in [9.17, 15) is 24.9 Å². The number of amides is 2. The SMILES string of the molecule is C=CCCCCC(=O)N(Cc1ccoc1)[C@@H]1C=C(C(=O)NCCO)[C@@H]2c3cc(CO)cc(OC)c3O[C@@H]2[C@H]1O. The molecule has 4 atom stereocenters. The molecule has 0 unspecified atom stereocenters. The monoisotopic (exact) mass is 540 g/mol. The Hall–Kier alpha value is -3.60. The lowest BCUT2D eigenvalue weighted by Crippen LogP contribution is -2.55. The third kappa shape index (κ3) is 6.03. The topological polar surface area (TPSA) is 142 Å². The Morgan fingerprint density at radius 2 is 2.05 bits per heavy atom. The van der Waals surface area contributed by atoms with E-state index in [2.05, 4.69) is 11.9 Å². The molecular formula is C29H36N2O8. The van der Waals surface area contributed by atoms with Gasteiger partial charge < -0.3 is 39.4 Å². The first kappa shape index (κ1) is 28.4. The van der Waals surface area contributed by atoms with Crippen molar-refractivity contribution in [2.24, 2.45) is 0 Å². The van der Waals surface area contributed by atoms with Crippen LogP contribution in [0.5, 0.6) is 11.5 Å². The van der Waals surface area contributed by atoms with E-state index in [-0.39, 0.29) is 38.6 Å². The average Bonchev–Trinajstić information content (AvgIpc) is 3.61. The van der Waals surface area contributed by atoms with Crippen LogP contribution in [-0.2, 0) is 22.7 Å². The van der Waals surface area contributed by atoms with Gasteiger partial charge in [0.2, 0.25) is 11.8 Å². The van der Waals surface area contributed by atoms with Crippen molar-refractivity contribution in [3.05, 3.63) is 71.7 Å². The largest absolute Gasteiger partial charge is 0.493 e. The Balaban J connectivity index is 1.75. The molecule has 0 bridgehead atoms. The number of rotatable bonds is 13. The third-order valence-corrected chi connectivity index (χ3v) is 7.16. The van der Waals surface area contributed by atoms with Crippen molar-refractivity contribution in [1.29, 1.82) is 0 Å². The minimum absolute atomic E-state index is 0.0372. The van der Waals surface area contributed by atoms with E-state index < -0.39 is 30.1 Å². The molecule has 1 aliphatic heterocycles. The molecule has 2 amide bonds. The van der Waals surface area contributed by atoms with Gasteiger partial charge in [-0.2, -0.15) is 0 Å². The molecule has 2 aromatic rings. The fourth-order valence-corrected chi connectivity index (χ4v) is 5.27. The molecule has 4 rings (SSSR count). The molecular weight excluding hydrogens is 504 g/mol. The van der Waals surface area contributed by atoms with Gasteiger partial charge in [0.1, 0.15) is 12.2 Å². The van der Waals surface area contributed by atoms with Gasteiger partial charge in [-0.15, -0.1) is 6.58 Å². The second-order valence-corrected chi connectivity index (χ2v) is 9.71. The summed E-state index contributed by atoms with van der Waals surface area (Å²) in [4.78, 5) is 28.5. The molecule has 2 aliphatic rings. The van der Waals surface area contributed by atoms with Gasteiger partial charge in [-0.25, -0.2) is 0 Å². The molecule has 1 aliphatic carbocycles. The van der Waals surface area contributed by atoms with E-state index >= 15 is 0 Å². The summed E-state index contributed by atoms with van der Waals surface area (Å²) in [6, 6.07) is 4.25. The maximum Gasteiger partial charge on any atom is 0.247 e. The number of furan rings is 1. The zero-order chi connectivity index (χ0) is 27.9. The summed E-state index contributed by atoms with van der Waals surface area (Å²) in [5.74, 6) is -0.545. The van der Waals surface area contributed by atoms with Gasteiger partial charge in [0.15, 0.2) is 11.5 Å². The van der Waals surface area contributed by atoms with E-state index in [4.69, 9.17) is 13.9 Å². The highest BCUT2D eigenvalue weighted by Crippen LogP contribution is 2.51. The molecule has 0 saturated heterocycles. The van der Waals surface area contributed by atoms with E-state index in [1.807, 2.05) is 6.08 Å². The van der Waals surface area contributed by atoms with E-state index in [0.717, 1.165) is 18.4 Å². The predicted octanol–water partition coefficient (Wildman–Crippen LogP) is 2.18. The smallest absolute Gasteiger partial charge is 0.247 e. The maximum atomic E-state index is 13.5. The summed E-state index contributed by atoms with van der Waals surface area (Å²) >= 11 is 0. The summed E-state index contributed by atoms with van der Waals surface area (Å²) in [7, 11) is 1.48. The Labute approximate surface area is 227 Å². The van der Waals surface area contributed by atoms with Crippen LogP contribution < -0.4 is 14.8 Å². The van der Waals surface area contributed by atoms with Crippen LogP contribution >= 0.6 is 0 Å². The van der Waals surface area contributed by atoms with Crippen LogP contribution in [0.25, 0.3) is 0 Å². The van der Waals surface area contributed by atoms with Crippen molar-refractivity contribution in [3.8, 4) is 11.5 Å². The third-order valence-electron chi connectivity index (χ3n) is 7.16. The maximum absolute atomic E-state index is 13.5. The molecule has 10 heteroatoms. The van der Waals surface area contributed by atoms with Crippen LogP contribution in [0.2, 0.25) is 0 Å². The number of methoxy groups -OCH3 is 1. The quantitative estimate of drug-likeness (QED) is 0.224. The molecule has 0 fully saturated rings. The first-order valence-electron chi connectivity index (χ1n) is 13.1. The molecule has 10 nitrogen and oxygen atoms in total. The Morgan fingerprint density at radius 3 is 2.72 bits per heavy atom. The van der Waals surface area contributed by atoms with Crippen LogP contribution in [0.15, 0.2) is 59.4 Å². The fourth-order valence-electron chi connectivity index (χ4n) is 5.27. The minimum atomic E-state index is -1.18. The Morgan fingerprint density at radius 1 is 1.23 bits per heavy atom. The van der Waals surface area contributed by atoms with Gasteiger partial charge in [-0.3, -0.25) is 9.59 Å². The number of benzene rings is 1. The molecule has 39 heavy (non-hydrogen) atoms. The summed E-state index contributed by atoms with van der Waals surface area (Å²) in [5, 5.41) is 33.5. The Bertz CT molecular complexity index is 1190. The normalized spacial score (nSPS) is 21.3. The molecule has 4 N–H and O–H groups in total. The number of hydrogen-bond donors (Lipinski definition) is 4. The van der Waals surface area contributed by atoms with Crippen molar-refractivity contribution in [1.82, 2.24) is 10.2 Å². The number of fused-ring (bicyclic) bond motifs is 3. The molecule has 0 spiro atoms. The van der Waals surface area contributed by atoms with Crippen molar-refractivity contribution >= 4 is 11.8 Å². The van der Waals surface area contributed by atoms with Gasteiger partial charge in [0.05, 0.1) is 44.8 Å². The second-order valence-electron chi connectivity index (χ2n) is 9.71. The number of carbonyl (C=O) groups excluding carboxylic acids is 2. The molecule has 0 radical (unpaired) electrons. The highest BCUT2D eigenvalue weighted by Gasteiger charge is 2.51. The predicted molar refractivity (Wildman–Crippen MR) is 142 cm³/mol. The number of aliphatic hydroxyl groups is 3. The van der Waals surface area contributed by atoms with E-state index in [0.29, 0.717) is 34.6 Å². The molecule has 210 valence electrons. The average molecular weight is 541 g/mol. The second kappa shape index (κ2) is 13.0. The molecule has 2 heterocycles. The summed E-state index contributed by atoms with van der Waals surface area (Å²) < 4.78 is 17.0. The van der Waals surface area contributed by atoms with Crippen LogP contribution in [-0.4, -0.2) is 70.5 Å². The number of unbranched alkanes of at least 4 members (excludes halogenated alkanes) is 2. The lowest BCUT2D eigenvalue weighted by molar-refractivity contribution is -0.138. The van der Waals surface area contributed by atoms with Crippen LogP contribution in [0.1, 0.15) is 48.3 Å². The molecule has 1 aromatic heterocycles. The van der Waals surface area contributed by atoms with E-state index in [1.165, 1.54) is 19.6 Å².